The molecule has 4 nitrogen and oxygen atoms in total. The Hall–Kier alpha value is -2.26. The van der Waals surface area contributed by atoms with Crippen LogP contribution in [0.2, 0.25) is 10.0 Å². The molecule has 0 saturated carbocycles. The number of alkyl halides is 1. The average molecular weight is 519 g/mol. The molecule has 1 N–H and O–H groups in total. The normalized spacial score (nSPS) is 11.1. The maximum Gasteiger partial charge on any atom is 0.272 e. The number of nitrogens with zero attached hydrogens (tertiary/aromatic N) is 2. The standard InChI is InChI=1S/C24H22BrCl2N3O/c1-15-21(23(31)28-24(2,3)4)29-30(22(15)17-8-10-18(26)11-9-17)20-12-7-16(6-5-13-25)14-19(20)27/h7-12,14H,13H2,1-4H3,(H,28,31). The molecule has 0 aliphatic carbocycles. The van der Waals surface area contributed by atoms with Crippen molar-refractivity contribution < 1.29 is 4.79 Å². The maximum absolute atomic E-state index is 13.0. The highest BCUT2D eigenvalue weighted by atomic mass is 79.9. The van der Waals surface area contributed by atoms with Gasteiger partial charge in [-0.2, -0.15) is 5.10 Å². The smallest absolute Gasteiger partial charge is 0.272 e. The van der Waals surface area contributed by atoms with Crippen molar-refractivity contribution in [2.45, 2.75) is 33.2 Å². The van der Waals surface area contributed by atoms with Crippen molar-refractivity contribution in [3.8, 4) is 28.8 Å². The molecule has 0 fully saturated rings. The number of carbonyl (C=O) groups excluding carboxylic acids is 1. The van der Waals surface area contributed by atoms with E-state index in [0.717, 1.165) is 22.4 Å². The van der Waals surface area contributed by atoms with Crippen LogP contribution in [0, 0.1) is 18.8 Å². The Bertz CT molecular complexity index is 1180. The third kappa shape index (κ3) is 5.51. The lowest BCUT2D eigenvalue weighted by Gasteiger charge is -2.19. The van der Waals surface area contributed by atoms with Crippen LogP contribution in [-0.4, -0.2) is 26.6 Å². The first kappa shape index (κ1) is 23.4. The molecule has 0 unspecified atom stereocenters. The zero-order valence-corrected chi connectivity index (χ0v) is 20.8. The van der Waals surface area contributed by atoms with Crippen LogP contribution in [0.1, 0.15) is 42.4 Å². The van der Waals surface area contributed by atoms with E-state index < -0.39 is 0 Å². The van der Waals surface area contributed by atoms with Crippen molar-refractivity contribution in [1.82, 2.24) is 15.1 Å². The number of amides is 1. The van der Waals surface area contributed by atoms with E-state index in [9.17, 15) is 4.79 Å². The molecule has 0 radical (unpaired) electrons. The largest absolute Gasteiger partial charge is 0.346 e. The van der Waals surface area contributed by atoms with Gasteiger partial charge in [0.15, 0.2) is 5.69 Å². The van der Waals surface area contributed by atoms with Gasteiger partial charge in [-0.25, -0.2) is 4.68 Å². The van der Waals surface area contributed by atoms with E-state index in [1.165, 1.54) is 0 Å². The van der Waals surface area contributed by atoms with Crippen LogP contribution in [0.15, 0.2) is 42.5 Å². The van der Waals surface area contributed by atoms with Crippen LogP contribution in [0.4, 0.5) is 0 Å². The molecule has 0 saturated heterocycles. The maximum atomic E-state index is 13.0. The number of hydrogen-bond acceptors (Lipinski definition) is 2. The Labute approximate surface area is 201 Å². The van der Waals surface area contributed by atoms with Gasteiger partial charge in [-0.3, -0.25) is 4.79 Å². The second kappa shape index (κ2) is 9.48. The van der Waals surface area contributed by atoms with Gasteiger partial charge in [-0.05, 0) is 58.0 Å². The number of nitrogens with one attached hydrogen (secondary N) is 1. The molecular weight excluding hydrogens is 497 g/mol. The minimum atomic E-state index is -0.388. The van der Waals surface area contributed by atoms with Gasteiger partial charge in [0, 0.05) is 27.3 Å². The number of rotatable bonds is 3. The Balaban J connectivity index is 2.20. The summed E-state index contributed by atoms with van der Waals surface area (Å²) in [6.07, 6.45) is 0. The number of halogens is 3. The summed E-state index contributed by atoms with van der Waals surface area (Å²) in [4.78, 5) is 13.0. The lowest BCUT2D eigenvalue weighted by molar-refractivity contribution is 0.0913. The third-order valence-corrected chi connectivity index (χ3v) is 5.25. The van der Waals surface area contributed by atoms with Crippen LogP contribution in [0.5, 0.6) is 0 Å². The highest BCUT2D eigenvalue weighted by Gasteiger charge is 2.25. The fourth-order valence-electron chi connectivity index (χ4n) is 3.12. The Kier molecular flexibility index (Phi) is 7.16. The lowest BCUT2D eigenvalue weighted by Crippen LogP contribution is -2.41. The molecule has 1 amide bonds. The molecule has 7 heteroatoms. The van der Waals surface area contributed by atoms with E-state index in [1.807, 2.05) is 64.1 Å². The zero-order chi connectivity index (χ0) is 22.8. The topological polar surface area (TPSA) is 46.9 Å². The van der Waals surface area contributed by atoms with E-state index in [0.29, 0.717) is 26.8 Å². The molecule has 2 aromatic carbocycles. The quantitative estimate of drug-likeness (QED) is 0.321. The molecule has 0 atom stereocenters. The lowest BCUT2D eigenvalue weighted by atomic mass is 10.0. The SMILES string of the molecule is Cc1c(C(=O)NC(C)(C)C)nn(-c2ccc(C#CCBr)cc2Cl)c1-c1ccc(Cl)cc1. The molecule has 31 heavy (non-hydrogen) atoms. The number of aromatic nitrogens is 2. The van der Waals surface area contributed by atoms with E-state index in [2.05, 4.69) is 38.2 Å². The van der Waals surface area contributed by atoms with Gasteiger partial charge >= 0.3 is 0 Å². The summed E-state index contributed by atoms with van der Waals surface area (Å²) in [6, 6.07) is 13.0. The number of carbonyl (C=O) groups is 1. The van der Waals surface area contributed by atoms with Crippen LogP contribution in [-0.2, 0) is 0 Å². The summed E-state index contributed by atoms with van der Waals surface area (Å²) in [7, 11) is 0. The Morgan fingerprint density at radius 3 is 2.42 bits per heavy atom. The van der Waals surface area contributed by atoms with Crippen molar-refractivity contribution in [3.63, 3.8) is 0 Å². The zero-order valence-electron chi connectivity index (χ0n) is 17.7. The van der Waals surface area contributed by atoms with Crippen molar-refractivity contribution in [3.05, 3.63) is 69.3 Å². The molecule has 0 aliphatic heterocycles. The summed E-state index contributed by atoms with van der Waals surface area (Å²) >= 11 is 16.0. The summed E-state index contributed by atoms with van der Waals surface area (Å²) in [5, 5.41) is 9.34. The van der Waals surface area contributed by atoms with Gasteiger partial charge in [0.25, 0.3) is 5.91 Å². The highest BCUT2D eigenvalue weighted by molar-refractivity contribution is 9.09. The van der Waals surface area contributed by atoms with Crippen LogP contribution < -0.4 is 5.32 Å². The molecule has 0 aliphatic rings. The van der Waals surface area contributed by atoms with Gasteiger partial charge in [-0.1, -0.05) is 63.1 Å². The summed E-state index contributed by atoms with van der Waals surface area (Å²) in [5.74, 6) is 5.76. The number of hydrogen-bond donors (Lipinski definition) is 1. The Morgan fingerprint density at radius 2 is 1.84 bits per heavy atom. The number of benzene rings is 2. The summed E-state index contributed by atoms with van der Waals surface area (Å²) < 4.78 is 1.71. The predicted molar refractivity (Wildman–Crippen MR) is 132 cm³/mol. The van der Waals surface area contributed by atoms with Gasteiger partial charge < -0.3 is 5.32 Å². The van der Waals surface area contributed by atoms with E-state index in [1.54, 1.807) is 10.7 Å². The fourth-order valence-corrected chi connectivity index (χ4v) is 3.65. The van der Waals surface area contributed by atoms with E-state index in [-0.39, 0.29) is 11.4 Å². The molecule has 160 valence electrons. The highest BCUT2D eigenvalue weighted by Crippen LogP contribution is 2.32. The molecule has 3 rings (SSSR count). The monoisotopic (exact) mass is 517 g/mol. The molecular formula is C24H22BrCl2N3O. The third-order valence-electron chi connectivity index (χ3n) is 4.42. The first-order valence-corrected chi connectivity index (χ1v) is 11.5. The predicted octanol–water partition coefficient (Wildman–Crippen LogP) is 6.43. The first-order valence-electron chi connectivity index (χ1n) is 9.63. The average Bonchev–Trinajstić information content (AvgIpc) is 3.03. The van der Waals surface area contributed by atoms with E-state index >= 15 is 0 Å². The van der Waals surface area contributed by atoms with Crippen molar-refractivity contribution >= 4 is 45.0 Å². The second-order valence-electron chi connectivity index (χ2n) is 8.05. The Morgan fingerprint density at radius 1 is 1.16 bits per heavy atom. The van der Waals surface area contributed by atoms with Crippen LogP contribution >= 0.6 is 39.1 Å². The summed E-state index contributed by atoms with van der Waals surface area (Å²) in [5.41, 5.74) is 3.83. The molecule has 0 bridgehead atoms. The minimum Gasteiger partial charge on any atom is -0.346 e. The van der Waals surface area contributed by atoms with E-state index in [4.69, 9.17) is 23.2 Å². The first-order chi connectivity index (χ1) is 14.6. The van der Waals surface area contributed by atoms with Crippen LogP contribution in [0.3, 0.4) is 0 Å². The summed E-state index contributed by atoms with van der Waals surface area (Å²) in [6.45, 7) is 7.68. The van der Waals surface area contributed by atoms with Crippen molar-refractivity contribution in [2.75, 3.05) is 5.33 Å². The second-order valence-corrected chi connectivity index (χ2v) is 9.45. The van der Waals surface area contributed by atoms with Gasteiger partial charge in [-0.15, -0.1) is 0 Å². The van der Waals surface area contributed by atoms with Gasteiger partial charge in [0.05, 0.1) is 21.7 Å². The van der Waals surface area contributed by atoms with Crippen molar-refractivity contribution in [2.24, 2.45) is 0 Å². The van der Waals surface area contributed by atoms with Crippen LogP contribution in [0.25, 0.3) is 16.9 Å². The molecule has 1 heterocycles. The van der Waals surface area contributed by atoms with Gasteiger partial charge in [0.1, 0.15) is 0 Å². The fraction of sp³-hybridized carbons (Fsp3) is 0.250. The minimum absolute atomic E-state index is 0.241. The van der Waals surface area contributed by atoms with Crippen molar-refractivity contribution in [1.29, 1.82) is 0 Å². The molecule has 1 aromatic heterocycles. The molecule has 3 aromatic rings. The molecule has 0 spiro atoms. The van der Waals surface area contributed by atoms with Gasteiger partial charge in [0.2, 0.25) is 0 Å².